The van der Waals surface area contributed by atoms with Crippen LogP contribution in [0.5, 0.6) is 11.5 Å². The zero-order chi connectivity index (χ0) is 19.9. The molecule has 0 aliphatic rings. The molecule has 0 aliphatic carbocycles. The predicted octanol–water partition coefficient (Wildman–Crippen LogP) is 5.53. The van der Waals surface area contributed by atoms with Crippen LogP contribution in [-0.4, -0.2) is 16.1 Å². The van der Waals surface area contributed by atoms with Crippen molar-refractivity contribution in [3.63, 3.8) is 0 Å². The fraction of sp³-hybridized carbons (Fsp3) is 0.435. The first-order valence-corrected chi connectivity index (χ1v) is 9.73. The molecular weight excluding hydrogens is 338 g/mol. The third-order valence-electron chi connectivity index (χ3n) is 4.97. The monoisotopic (exact) mass is 369 g/mol. The van der Waals surface area contributed by atoms with Crippen LogP contribution in [0.1, 0.15) is 64.0 Å². The normalized spacial score (nSPS) is 11.4. The van der Waals surface area contributed by atoms with Gasteiger partial charge in [-0.25, -0.2) is 0 Å². The van der Waals surface area contributed by atoms with Crippen molar-refractivity contribution in [2.24, 2.45) is 0 Å². The molecule has 3 N–H and O–H groups in total. The zero-order valence-corrected chi connectivity index (χ0v) is 16.6. The largest absolute Gasteiger partial charge is 0.508 e. The molecule has 0 aromatic heterocycles. The lowest BCUT2D eigenvalue weighted by atomic mass is 9.79. The van der Waals surface area contributed by atoms with Crippen LogP contribution in [0, 0.1) is 0 Å². The molecule has 0 unspecified atom stereocenters. The first kappa shape index (κ1) is 20.8. The highest BCUT2D eigenvalue weighted by Gasteiger charge is 2.24. The van der Waals surface area contributed by atoms with E-state index in [2.05, 4.69) is 24.4 Å². The lowest BCUT2D eigenvalue weighted by molar-refractivity contribution is -0.116. The fourth-order valence-electron chi connectivity index (χ4n) is 3.28. The standard InChI is InChI=1S/C23H31NO3/c1-4-5-7-17-9-11-18(12-10-17)24-22(27)8-6-15-23(2,3)20-14-13-19(25)16-21(20)26/h9-14,16,25-26H,4-8,15H2,1-3H3,(H,24,27). The van der Waals surface area contributed by atoms with Crippen LogP contribution in [0.3, 0.4) is 0 Å². The van der Waals surface area contributed by atoms with Gasteiger partial charge >= 0.3 is 0 Å². The molecule has 0 atom stereocenters. The Morgan fingerprint density at radius 1 is 1.04 bits per heavy atom. The number of benzene rings is 2. The van der Waals surface area contributed by atoms with Crippen molar-refractivity contribution in [2.45, 2.75) is 64.7 Å². The van der Waals surface area contributed by atoms with Gasteiger partial charge in [-0.05, 0) is 60.4 Å². The lowest BCUT2D eigenvalue weighted by Crippen LogP contribution is -2.19. The van der Waals surface area contributed by atoms with E-state index in [0.717, 1.165) is 24.1 Å². The molecule has 4 heteroatoms. The van der Waals surface area contributed by atoms with Crippen molar-refractivity contribution >= 4 is 11.6 Å². The lowest BCUT2D eigenvalue weighted by Gasteiger charge is -2.26. The van der Waals surface area contributed by atoms with Crippen molar-refractivity contribution in [1.29, 1.82) is 0 Å². The Hall–Kier alpha value is -2.49. The van der Waals surface area contributed by atoms with Crippen LogP contribution < -0.4 is 5.32 Å². The second-order valence-electron chi connectivity index (χ2n) is 7.79. The molecule has 0 fully saturated rings. The van der Waals surface area contributed by atoms with E-state index >= 15 is 0 Å². The van der Waals surface area contributed by atoms with Crippen molar-refractivity contribution < 1.29 is 15.0 Å². The number of carbonyl (C=O) groups is 1. The molecule has 27 heavy (non-hydrogen) atoms. The first-order chi connectivity index (χ1) is 12.8. The van der Waals surface area contributed by atoms with Gasteiger partial charge in [0.15, 0.2) is 0 Å². The summed E-state index contributed by atoms with van der Waals surface area (Å²) in [6, 6.07) is 12.7. The SMILES string of the molecule is CCCCc1ccc(NC(=O)CCCC(C)(C)c2ccc(O)cc2O)cc1. The number of rotatable bonds is 9. The molecule has 2 aromatic carbocycles. The fourth-order valence-corrected chi connectivity index (χ4v) is 3.28. The molecule has 146 valence electrons. The van der Waals surface area contributed by atoms with E-state index in [9.17, 15) is 15.0 Å². The summed E-state index contributed by atoms with van der Waals surface area (Å²) in [4.78, 5) is 12.2. The number of amides is 1. The van der Waals surface area contributed by atoms with Crippen LogP contribution in [0.25, 0.3) is 0 Å². The van der Waals surface area contributed by atoms with Gasteiger partial charge < -0.3 is 15.5 Å². The van der Waals surface area contributed by atoms with E-state index in [1.807, 2.05) is 26.0 Å². The maximum Gasteiger partial charge on any atom is 0.224 e. The highest BCUT2D eigenvalue weighted by molar-refractivity contribution is 5.90. The van der Waals surface area contributed by atoms with E-state index in [4.69, 9.17) is 0 Å². The van der Waals surface area contributed by atoms with Crippen LogP contribution in [0.4, 0.5) is 5.69 Å². The number of aromatic hydroxyl groups is 2. The number of phenolic OH excluding ortho intramolecular Hbond substituents is 2. The van der Waals surface area contributed by atoms with Gasteiger partial charge in [-0.2, -0.15) is 0 Å². The molecule has 2 aromatic rings. The zero-order valence-electron chi connectivity index (χ0n) is 16.6. The van der Waals surface area contributed by atoms with E-state index in [1.54, 1.807) is 12.1 Å². The summed E-state index contributed by atoms with van der Waals surface area (Å²) in [5.41, 5.74) is 2.63. The summed E-state index contributed by atoms with van der Waals surface area (Å²) in [7, 11) is 0. The minimum absolute atomic E-state index is 0.00189. The van der Waals surface area contributed by atoms with Gasteiger partial charge in [0, 0.05) is 18.2 Å². The molecule has 0 radical (unpaired) electrons. The Bertz CT molecular complexity index is 751. The van der Waals surface area contributed by atoms with E-state index in [1.165, 1.54) is 24.5 Å². The molecule has 2 rings (SSSR count). The van der Waals surface area contributed by atoms with E-state index in [-0.39, 0.29) is 22.8 Å². The van der Waals surface area contributed by atoms with Gasteiger partial charge in [0.05, 0.1) is 0 Å². The predicted molar refractivity (Wildman–Crippen MR) is 110 cm³/mol. The molecular formula is C23H31NO3. The number of phenols is 2. The average Bonchev–Trinajstić information content (AvgIpc) is 2.60. The number of unbranched alkanes of at least 4 members (excludes halogenated alkanes) is 1. The summed E-state index contributed by atoms with van der Waals surface area (Å²) < 4.78 is 0. The van der Waals surface area contributed by atoms with E-state index in [0.29, 0.717) is 12.8 Å². The maximum atomic E-state index is 12.2. The quantitative estimate of drug-likeness (QED) is 0.544. The molecule has 0 saturated carbocycles. The number of carbonyl (C=O) groups excluding carboxylic acids is 1. The Balaban J connectivity index is 1.82. The Kier molecular flexibility index (Phi) is 7.28. The van der Waals surface area contributed by atoms with Crippen LogP contribution in [0.2, 0.25) is 0 Å². The van der Waals surface area contributed by atoms with Crippen LogP contribution in [0.15, 0.2) is 42.5 Å². The minimum atomic E-state index is -0.279. The summed E-state index contributed by atoms with van der Waals surface area (Å²) in [5, 5.41) is 22.5. The topological polar surface area (TPSA) is 69.6 Å². The number of anilines is 1. The Morgan fingerprint density at radius 3 is 2.37 bits per heavy atom. The molecule has 0 bridgehead atoms. The average molecular weight is 370 g/mol. The van der Waals surface area contributed by atoms with Crippen molar-refractivity contribution in [1.82, 2.24) is 0 Å². The van der Waals surface area contributed by atoms with Gasteiger partial charge in [-0.15, -0.1) is 0 Å². The molecule has 0 heterocycles. The number of nitrogens with one attached hydrogen (secondary N) is 1. The molecule has 0 spiro atoms. The summed E-state index contributed by atoms with van der Waals surface area (Å²) in [6.07, 6.45) is 5.33. The molecule has 0 saturated heterocycles. The first-order valence-electron chi connectivity index (χ1n) is 9.73. The summed E-state index contributed by atoms with van der Waals surface area (Å²) in [5.74, 6) is 0.141. The second-order valence-corrected chi connectivity index (χ2v) is 7.79. The molecule has 0 aliphatic heterocycles. The number of hydrogen-bond acceptors (Lipinski definition) is 3. The van der Waals surface area contributed by atoms with Crippen molar-refractivity contribution in [3.05, 3.63) is 53.6 Å². The summed E-state index contributed by atoms with van der Waals surface area (Å²) in [6.45, 7) is 6.25. The molecule has 4 nitrogen and oxygen atoms in total. The van der Waals surface area contributed by atoms with Gasteiger partial charge in [-0.3, -0.25) is 4.79 Å². The third kappa shape index (κ3) is 6.31. The highest BCUT2D eigenvalue weighted by Crippen LogP contribution is 2.36. The van der Waals surface area contributed by atoms with Gasteiger partial charge in [-0.1, -0.05) is 45.4 Å². The maximum absolute atomic E-state index is 12.2. The van der Waals surface area contributed by atoms with Gasteiger partial charge in [0.25, 0.3) is 0 Å². The van der Waals surface area contributed by atoms with Crippen LogP contribution in [-0.2, 0) is 16.6 Å². The Labute approximate surface area is 162 Å². The van der Waals surface area contributed by atoms with Crippen LogP contribution >= 0.6 is 0 Å². The highest BCUT2D eigenvalue weighted by atomic mass is 16.3. The number of hydrogen-bond donors (Lipinski definition) is 3. The minimum Gasteiger partial charge on any atom is -0.508 e. The smallest absolute Gasteiger partial charge is 0.224 e. The van der Waals surface area contributed by atoms with Crippen molar-refractivity contribution in [3.8, 4) is 11.5 Å². The van der Waals surface area contributed by atoms with E-state index < -0.39 is 0 Å². The Morgan fingerprint density at radius 2 is 1.74 bits per heavy atom. The second kappa shape index (κ2) is 9.45. The third-order valence-corrected chi connectivity index (χ3v) is 4.97. The molecule has 1 amide bonds. The van der Waals surface area contributed by atoms with Gasteiger partial charge in [0.1, 0.15) is 11.5 Å². The van der Waals surface area contributed by atoms with Gasteiger partial charge in [0.2, 0.25) is 5.91 Å². The van der Waals surface area contributed by atoms with Crippen molar-refractivity contribution in [2.75, 3.05) is 5.32 Å². The number of aryl methyl sites for hydroxylation is 1. The summed E-state index contributed by atoms with van der Waals surface area (Å²) >= 11 is 0.